The van der Waals surface area contributed by atoms with Crippen LogP contribution >= 0.6 is 22.9 Å². The molecule has 4 rings (SSSR count). The number of piperidine rings is 1. The maximum Gasteiger partial charge on any atom is 0.243 e. The number of sulfonamides is 1. The van der Waals surface area contributed by atoms with Crippen LogP contribution in [0.2, 0.25) is 5.02 Å². The highest BCUT2D eigenvalue weighted by atomic mass is 35.5. The molecule has 1 fully saturated rings. The number of carbonyl (C=O) groups excluding carboxylic acids is 1. The van der Waals surface area contributed by atoms with Gasteiger partial charge in [0.15, 0.2) is 5.13 Å². The first-order valence-corrected chi connectivity index (χ1v) is 15.6. The van der Waals surface area contributed by atoms with Gasteiger partial charge in [0.2, 0.25) is 15.9 Å². The Morgan fingerprint density at radius 3 is 2.35 bits per heavy atom. The molecule has 1 amide bonds. The minimum Gasteiger partial charge on any atom is -0.302 e. The Labute approximate surface area is 229 Å². The molecule has 0 aliphatic carbocycles. The van der Waals surface area contributed by atoms with Crippen LogP contribution in [0.25, 0.3) is 10.2 Å². The van der Waals surface area contributed by atoms with Gasteiger partial charge in [-0.15, -0.1) is 0 Å². The number of aromatic nitrogens is 1. The monoisotopic (exact) mass is 562 g/mol. The van der Waals surface area contributed by atoms with E-state index in [-0.39, 0.29) is 16.7 Å². The minimum absolute atomic E-state index is 0.0350. The molecule has 0 bridgehead atoms. The Morgan fingerprint density at radius 2 is 1.73 bits per heavy atom. The molecule has 2 heterocycles. The summed E-state index contributed by atoms with van der Waals surface area (Å²) < 4.78 is 28.8. The van der Waals surface area contributed by atoms with E-state index in [4.69, 9.17) is 16.6 Å². The minimum atomic E-state index is -3.62. The zero-order valence-corrected chi connectivity index (χ0v) is 24.1. The third-order valence-electron chi connectivity index (χ3n) is 7.16. The lowest BCUT2D eigenvalue weighted by molar-refractivity contribution is -0.123. The average molecular weight is 563 g/mol. The molecule has 1 aromatic heterocycles. The Balaban J connectivity index is 1.53. The summed E-state index contributed by atoms with van der Waals surface area (Å²) in [6.45, 7) is 10.1. The summed E-state index contributed by atoms with van der Waals surface area (Å²) in [7, 11) is -3.62. The molecule has 10 heteroatoms. The second kappa shape index (κ2) is 12.2. The van der Waals surface area contributed by atoms with E-state index in [1.807, 2.05) is 11.0 Å². The molecule has 7 nitrogen and oxygen atoms in total. The average Bonchev–Trinajstić information content (AvgIpc) is 3.35. The summed E-state index contributed by atoms with van der Waals surface area (Å²) in [4.78, 5) is 23.2. The highest BCUT2D eigenvalue weighted by Gasteiger charge is 2.35. The van der Waals surface area contributed by atoms with Crippen molar-refractivity contribution in [2.75, 3.05) is 44.2 Å². The van der Waals surface area contributed by atoms with E-state index in [1.165, 1.54) is 22.0 Å². The van der Waals surface area contributed by atoms with Crippen LogP contribution in [0, 0.1) is 5.92 Å². The number of rotatable bonds is 10. The molecule has 0 atom stereocenters. The highest BCUT2D eigenvalue weighted by molar-refractivity contribution is 7.89. The smallest absolute Gasteiger partial charge is 0.243 e. The van der Waals surface area contributed by atoms with Gasteiger partial charge in [0.25, 0.3) is 0 Å². The van der Waals surface area contributed by atoms with Gasteiger partial charge in [-0.25, -0.2) is 13.4 Å². The van der Waals surface area contributed by atoms with Crippen LogP contribution in [0.3, 0.4) is 0 Å². The molecule has 1 aliphatic rings. The van der Waals surface area contributed by atoms with Gasteiger partial charge in [-0.05, 0) is 68.2 Å². The first-order chi connectivity index (χ1) is 17.8. The second-order valence-electron chi connectivity index (χ2n) is 9.26. The number of thiazole rings is 1. The van der Waals surface area contributed by atoms with Crippen LogP contribution in [0.1, 0.15) is 39.2 Å². The summed E-state index contributed by atoms with van der Waals surface area (Å²) in [5, 5.41) is 1.22. The van der Waals surface area contributed by atoms with Gasteiger partial charge in [0.1, 0.15) is 0 Å². The number of amides is 1. The zero-order chi connectivity index (χ0) is 26.6. The molecule has 2 aromatic carbocycles. The van der Waals surface area contributed by atoms with Crippen molar-refractivity contribution in [3.8, 4) is 0 Å². The molecule has 37 heavy (non-hydrogen) atoms. The number of aryl methyl sites for hydroxylation is 1. The molecule has 200 valence electrons. The third kappa shape index (κ3) is 6.17. The quantitative estimate of drug-likeness (QED) is 0.336. The number of nitrogens with zero attached hydrogens (tertiary/aromatic N) is 4. The molecular formula is C27H35ClN4O3S2. The predicted octanol–water partition coefficient (Wildman–Crippen LogP) is 5.29. The van der Waals surface area contributed by atoms with Gasteiger partial charge in [0.05, 0.1) is 15.1 Å². The Kier molecular flexibility index (Phi) is 9.24. The number of anilines is 1. The summed E-state index contributed by atoms with van der Waals surface area (Å²) >= 11 is 7.49. The lowest BCUT2D eigenvalue weighted by Crippen LogP contribution is -2.46. The molecule has 1 aliphatic heterocycles. The normalized spacial score (nSPS) is 15.5. The van der Waals surface area contributed by atoms with Gasteiger partial charge in [0, 0.05) is 37.1 Å². The fourth-order valence-corrected chi connectivity index (χ4v) is 7.44. The molecule has 0 N–H and O–H groups in total. The van der Waals surface area contributed by atoms with E-state index in [0.29, 0.717) is 37.5 Å². The lowest BCUT2D eigenvalue weighted by Gasteiger charge is -2.33. The van der Waals surface area contributed by atoms with Crippen LogP contribution in [-0.4, -0.2) is 67.8 Å². The van der Waals surface area contributed by atoms with Crippen molar-refractivity contribution in [1.29, 1.82) is 0 Å². The van der Waals surface area contributed by atoms with Gasteiger partial charge in [-0.1, -0.05) is 55.8 Å². The molecule has 0 unspecified atom stereocenters. The van der Waals surface area contributed by atoms with Crippen molar-refractivity contribution in [3.05, 3.63) is 53.1 Å². The van der Waals surface area contributed by atoms with Crippen LogP contribution < -0.4 is 4.90 Å². The maximum absolute atomic E-state index is 13.9. The van der Waals surface area contributed by atoms with Crippen LogP contribution in [0.15, 0.2) is 47.4 Å². The zero-order valence-electron chi connectivity index (χ0n) is 21.7. The Morgan fingerprint density at radius 1 is 1.05 bits per heavy atom. The van der Waals surface area contributed by atoms with Crippen molar-refractivity contribution < 1.29 is 13.2 Å². The number of para-hydroxylation sites is 1. The number of hydrogen-bond acceptors (Lipinski definition) is 6. The Bertz CT molecular complexity index is 1320. The number of halogens is 1. The topological polar surface area (TPSA) is 73.8 Å². The molecule has 0 saturated carbocycles. The van der Waals surface area contributed by atoms with E-state index >= 15 is 0 Å². The van der Waals surface area contributed by atoms with Crippen molar-refractivity contribution in [1.82, 2.24) is 14.2 Å². The van der Waals surface area contributed by atoms with Gasteiger partial charge in [-0.2, -0.15) is 4.31 Å². The summed E-state index contributed by atoms with van der Waals surface area (Å²) in [6, 6.07) is 12.4. The SMILES string of the molecule is CCc1cccc2sc(N(CCN(CC)CC)C(=O)C3CCN(S(=O)(=O)c4ccc(Cl)cc4)CC3)nc12. The lowest BCUT2D eigenvalue weighted by atomic mass is 9.96. The predicted molar refractivity (Wildman–Crippen MR) is 152 cm³/mol. The summed E-state index contributed by atoms with van der Waals surface area (Å²) in [6.07, 6.45) is 1.85. The van der Waals surface area contributed by atoms with Crippen LogP contribution in [0.4, 0.5) is 5.13 Å². The molecular weight excluding hydrogens is 528 g/mol. The fourth-order valence-electron chi connectivity index (χ4n) is 4.80. The van der Waals surface area contributed by atoms with Crippen molar-refractivity contribution in [3.63, 3.8) is 0 Å². The summed E-state index contributed by atoms with van der Waals surface area (Å²) in [5.41, 5.74) is 2.14. The first kappa shape index (κ1) is 28.0. The van der Waals surface area contributed by atoms with E-state index < -0.39 is 10.0 Å². The van der Waals surface area contributed by atoms with Crippen LogP contribution in [0.5, 0.6) is 0 Å². The third-order valence-corrected chi connectivity index (χ3v) is 10.4. The fraction of sp³-hybridized carbons (Fsp3) is 0.481. The van der Waals surface area contributed by atoms with E-state index in [2.05, 4.69) is 37.8 Å². The molecule has 3 aromatic rings. The van der Waals surface area contributed by atoms with Gasteiger partial charge < -0.3 is 4.90 Å². The molecule has 0 spiro atoms. The number of benzene rings is 2. The van der Waals surface area contributed by atoms with Gasteiger partial charge >= 0.3 is 0 Å². The van der Waals surface area contributed by atoms with E-state index in [1.54, 1.807) is 23.5 Å². The second-order valence-corrected chi connectivity index (χ2v) is 12.6. The highest BCUT2D eigenvalue weighted by Crippen LogP contribution is 2.33. The maximum atomic E-state index is 13.9. The number of likely N-dealkylation sites (N-methyl/N-ethyl adjacent to an activating group) is 1. The van der Waals surface area contributed by atoms with E-state index in [9.17, 15) is 13.2 Å². The van der Waals surface area contributed by atoms with Gasteiger partial charge in [-0.3, -0.25) is 9.69 Å². The molecule has 1 saturated heterocycles. The van der Waals surface area contributed by atoms with E-state index in [0.717, 1.165) is 41.4 Å². The van der Waals surface area contributed by atoms with Crippen LogP contribution in [-0.2, 0) is 21.2 Å². The Hall–Kier alpha value is -2.04. The number of carbonyl (C=O) groups is 1. The number of fused-ring (bicyclic) bond motifs is 1. The standard InChI is InChI=1S/C27H35ClN4O3S2/c1-4-20-8-7-9-24-25(20)29-27(36-24)32(19-18-30(5-2)6-3)26(33)21-14-16-31(17-15-21)37(34,35)23-12-10-22(28)11-13-23/h7-13,21H,4-6,14-19H2,1-3H3. The first-order valence-electron chi connectivity index (χ1n) is 13.0. The molecule has 0 radical (unpaired) electrons. The summed E-state index contributed by atoms with van der Waals surface area (Å²) in [5.74, 6) is -0.209. The van der Waals surface area contributed by atoms with Crippen molar-refractivity contribution >= 4 is 54.2 Å². The van der Waals surface area contributed by atoms with Crippen molar-refractivity contribution in [2.45, 2.75) is 44.9 Å². The van der Waals surface area contributed by atoms with Crippen molar-refractivity contribution in [2.24, 2.45) is 5.92 Å². The largest absolute Gasteiger partial charge is 0.302 e. The number of hydrogen-bond donors (Lipinski definition) is 0.